The Kier molecular flexibility index (Phi) is 9.41. The second-order valence-electron chi connectivity index (χ2n) is 9.73. The quantitative estimate of drug-likeness (QED) is 0.511. The number of anilines is 1. The van der Waals surface area contributed by atoms with Gasteiger partial charge in [0.1, 0.15) is 12.6 Å². The van der Waals surface area contributed by atoms with Gasteiger partial charge < -0.3 is 10.2 Å². The van der Waals surface area contributed by atoms with Crippen molar-refractivity contribution in [2.75, 3.05) is 17.1 Å². The van der Waals surface area contributed by atoms with E-state index in [9.17, 15) is 18.0 Å². The zero-order valence-electron chi connectivity index (χ0n) is 21.5. The number of carbonyl (C=O) groups excluding carboxylic acids is 2. The minimum Gasteiger partial charge on any atom is -0.352 e. The van der Waals surface area contributed by atoms with Crippen molar-refractivity contribution in [2.45, 2.75) is 71.5 Å². The van der Waals surface area contributed by atoms with Gasteiger partial charge in [-0.15, -0.1) is 0 Å². The van der Waals surface area contributed by atoms with E-state index >= 15 is 0 Å². The molecule has 0 spiro atoms. The van der Waals surface area contributed by atoms with E-state index in [1.165, 1.54) is 11.3 Å². The Morgan fingerprint density at radius 2 is 1.78 bits per heavy atom. The number of hydrogen-bond donors (Lipinski definition) is 1. The Hall–Kier alpha value is -2.58. The van der Waals surface area contributed by atoms with Gasteiger partial charge in [0.25, 0.3) is 0 Å². The van der Waals surface area contributed by atoms with Gasteiger partial charge in [0, 0.05) is 17.6 Å². The van der Waals surface area contributed by atoms with Crippen LogP contribution in [-0.4, -0.2) is 50.0 Å². The topological polar surface area (TPSA) is 86.8 Å². The summed E-state index contributed by atoms with van der Waals surface area (Å²) in [6.07, 6.45) is 6.25. The average Bonchev–Trinajstić information content (AvgIpc) is 2.81. The van der Waals surface area contributed by atoms with Crippen molar-refractivity contribution < 1.29 is 18.0 Å². The SMILES string of the molecule is Cc1ccc(N(CC(=O)N(Cc2cccc(Cl)c2)[C@@H](C)C(=O)NC2CCCCC2)S(C)(=O)=O)c(C)c1. The Labute approximate surface area is 219 Å². The predicted molar refractivity (Wildman–Crippen MR) is 145 cm³/mol. The van der Waals surface area contributed by atoms with E-state index in [4.69, 9.17) is 11.6 Å². The highest BCUT2D eigenvalue weighted by atomic mass is 35.5. The summed E-state index contributed by atoms with van der Waals surface area (Å²) in [4.78, 5) is 28.3. The summed E-state index contributed by atoms with van der Waals surface area (Å²) < 4.78 is 26.6. The maximum atomic E-state index is 13.7. The lowest BCUT2D eigenvalue weighted by Gasteiger charge is -2.33. The third-order valence-electron chi connectivity index (χ3n) is 6.66. The highest BCUT2D eigenvalue weighted by Gasteiger charge is 2.31. The molecular weight excluding hydrogens is 498 g/mol. The third-order valence-corrected chi connectivity index (χ3v) is 8.02. The molecule has 0 aliphatic heterocycles. The van der Waals surface area contributed by atoms with Crippen LogP contribution in [0.25, 0.3) is 0 Å². The molecule has 0 aromatic heterocycles. The first-order valence-corrected chi connectivity index (χ1v) is 14.6. The van der Waals surface area contributed by atoms with Crippen LogP contribution in [-0.2, 0) is 26.2 Å². The van der Waals surface area contributed by atoms with Crippen molar-refractivity contribution in [1.82, 2.24) is 10.2 Å². The fourth-order valence-corrected chi connectivity index (χ4v) is 5.78. The summed E-state index contributed by atoms with van der Waals surface area (Å²) in [5.74, 6) is -0.707. The van der Waals surface area contributed by atoms with Gasteiger partial charge in [-0.05, 0) is 62.9 Å². The number of carbonyl (C=O) groups is 2. The Morgan fingerprint density at radius 3 is 2.39 bits per heavy atom. The molecule has 1 atom stereocenters. The minimum absolute atomic E-state index is 0.0968. The Morgan fingerprint density at radius 1 is 1.08 bits per heavy atom. The van der Waals surface area contributed by atoms with Crippen molar-refractivity contribution in [3.8, 4) is 0 Å². The molecule has 0 bridgehead atoms. The van der Waals surface area contributed by atoms with Crippen molar-refractivity contribution in [3.05, 3.63) is 64.2 Å². The number of nitrogens with zero attached hydrogens (tertiary/aromatic N) is 2. The van der Waals surface area contributed by atoms with Crippen molar-refractivity contribution in [1.29, 1.82) is 0 Å². The van der Waals surface area contributed by atoms with Crippen LogP contribution in [0.15, 0.2) is 42.5 Å². The highest BCUT2D eigenvalue weighted by molar-refractivity contribution is 7.92. The number of nitrogens with one attached hydrogen (secondary N) is 1. The number of benzene rings is 2. The van der Waals surface area contributed by atoms with Crippen molar-refractivity contribution in [3.63, 3.8) is 0 Å². The smallest absolute Gasteiger partial charge is 0.244 e. The number of amides is 2. The van der Waals surface area contributed by atoms with Crippen LogP contribution in [0, 0.1) is 13.8 Å². The first-order chi connectivity index (χ1) is 17.0. The number of hydrogen-bond acceptors (Lipinski definition) is 4. The van der Waals surface area contributed by atoms with Crippen LogP contribution in [0.2, 0.25) is 5.02 Å². The van der Waals surface area contributed by atoms with Gasteiger partial charge in [0.2, 0.25) is 21.8 Å². The van der Waals surface area contributed by atoms with Crippen LogP contribution in [0.3, 0.4) is 0 Å². The summed E-state index contributed by atoms with van der Waals surface area (Å²) in [6.45, 7) is 5.14. The van der Waals surface area contributed by atoms with E-state index in [2.05, 4.69) is 5.32 Å². The number of aryl methyl sites for hydroxylation is 2. The molecule has 0 saturated heterocycles. The van der Waals surface area contributed by atoms with Crippen LogP contribution >= 0.6 is 11.6 Å². The second kappa shape index (κ2) is 12.1. The predicted octanol–water partition coefficient (Wildman–Crippen LogP) is 4.59. The van der Waals surface area contributed by atoms with Gasteiger partial charge >= 0.3 is 0 Å². The molecular formula is C27H36ClN3O4S. The van der Waals surface area contributed by atoms with Crippen molar-refractivity contribution in [2.24, 2.45) is 0 Å². The Bertz CT molecular complexity index is 1200. The second-order valence-corrected chi connectivity index (χ2v) is 12.1. The molecule has 1 saturated carbocycles. The lowest BCUT2D eigenvalue weighted by atomic mass is 9.95. The molecule has 7 nitrogen and oxygen atoms in total. The van der Waals surface area contributed by atoms with Gasteiger partial charge in [-0.25, -0.2) is 8.42 Å². The molecule has 2 aromatic rings. The summed E-state index contributed by atoms with van der Waals surface area (Å²) in [5.41, 5.74) is 2.94. The molecule has 0 radical (unpaired) electrons. The maximum absolute atomic E-state index is 13.7. The standard InChI is InChI=1S/C27H36ClN3O4S/c1-19-13-14-25(20(2)15-19)31(36(4,34)35)18-26(32)30(17-22-9-8-10-23(28)16-22)21(3)27(33)29-24-11-6-5-7-12-24/h8-10,13-16,21,24H,5-7,11-12,17-18H2,1-4H3,(H,29,33)/t21-/m0/s1. The van der Waals surface area contributed by atoms with Crippen LogP contribution in [0.5, 0.6) is 0 Å². The largest absolute Gasteiger partial charge is 0.352 e. The van der Waals surface area contributed by atoms with Gasteiger partial charge in [0.15, 0.2) is 0 Å². The summed E-state index contributed by atoms with van der Waals surface area (Å²) >= 11 is 6.16. The Balaban J connectivity index is 1.89. The van der Waals surface area contributed by atoms with Gasteiger partial charge in [-0.1, -0.05) is 60.7 Å². The number of rotatable bonds is 9. The van der Waals surface area contributed by atoms with Gasteiger partial charge in [-0.3, -0.25) is 13.9 Å². The molecule has 0 heterocycles. The lowest BCUT2D eigenvalue weighted by molar-refractivity contribution is -0.139. The molecule has 1 N–H and O–H groups in total. The highest BCUT2D eigenvalue weighted by Crippen LogP contribution is 2.25. The fraction of sp³-hybridized carbons (Fsp3) is 0.481. The minimum atomic E-state index is -3.77. The molecule has 2 amide bonds. The molecule has 1 fully saturated rings. The molecule has 9 heteroatoms. The summed E-state index contributed by atoms with van der Waals surface area (Å²) in [7, 11) is -3.77. The maximum Gasteiger partial charge on any atom is 0.244 e. The zero-order valence-corrected chi connectivity index (χ0v) is 23.0. The van der Waals surface area contributed by atoms with Crippen molar-refractivity contribution >= 4 is 39.1 Å². The molecule has 3 rings (SSSR count). The van der Waals surface area contributed by atoms with Gasteiger partial charge in [0.05, 0.1) is 11.9 Å². The van der Waals surface area contributed by atoms with Crippen LogP contribution < -0.4 is 9.62 Å². The first kappa shape index (κ1) is 28.0. The van der Waals surface area contributed by atoms with E-state index in [1.54, 1.807) is 31.2 Å². The monoisotopic (exact) mass is 533 g/mol. The fourth-order valence-electron chi connectivity index (χ4n) is 4.66. The lowest BCUT2D eigenvalue weighted by Crippen LogP contribution is -2.53. The van der Waals surface area contributed by atoms with E-state index in [1.807, 2.05) is 32.0 Å². The third kappa shape index (κ3) is 7.46. The first-order valence-electron chi connectivity index (χ1n) is 12.3. The van der Waals surface area contributed by atoms with Crippen LogP contribution in [0.1, 0.15) is 55.7 Å². The average molecular weight is 534 g/mol. The van der Waals surface area contributed by atoms with E-state index < -0.39 is 28.5 Å². The van der Waals surface area contributed by atoms with E-state index in [0.29, 0.717) is 10.7 Å². The van der Waals surface area contributed by atoms with E-state index in [-0.39, 0.29) is 18.5 Å². The summed E-state index contributed by atoms with van der Waals surface area (Å²) in [5, 5.41) is 3.61. The molecule has 196 valence electrons. The van der Waals surface area contributed by atoms with E-state index in [0.717, 1.165) is 52.9 Å². The normalized spacial score (nSPS) is 15.2. The molecule has 0 unspecified atom stereocenters. The molecule has 1 aliphatic carbocycles. The zero-order chi connectivity index (χ0) is 26.5. The molecule has 2 aromatic carbocycles. The number of sulfonamides is 1. The van der Waals surface area contributed by atoms with Gasteiger partial charge in [-0.2, -0.15) is 0 Å². The molecule has 36 heavy (non-hydrogen) atoms. The molecule has 1 aliphatic rings. The summed E-state index contributed by atoms with van der Waals surface area (Å²) in [6, 6.07) is 11.8. The number of halogens is 1. The van der Waals surface area contributed by atoms with Crippen LogP contribution in [0.4, 0.5) is 5.69 Å².